The Balaban J connectivity index is 1.99. The van der Waals surface area contributed by atoms with Crippen LogP contribution in [0.5, 0.6) is 0 Å². The molecule has 3 heteroatoms. The lowest BCUT2D eigenvalue weighted by Gasteiger charge is -2.18. The Morgan fingerprint density at radius 3 is 2.93 bits per heavy atom. The van der Waals surface area contributed by atoms with E-state index in [-0.39, 0.29) is 11.9 Å². The second kappa shape index (κ2) is 4.99. The lowest BCUT2D eigenvalue weighted by Crippen LogP contribution is -2.33. The zero-order chi connectivity index (χ0) is 10.7. The fourth-order valence-electron chi connectivity index (χ4n) is 1.99. The van der Waals surface area contributed by atoms with Gasteiger partial charge < -0.3 is 5.73 Å². The van der Waals surface area contributed by atoms with Crippen LogP contribution in [0.15, 0.2) is 24.3 Å². The highest BCUT2D eigenvalue weighted by atomic mass is 32.2. The zero-order valence-electron chi connectivity index (χ0n) is 8.66. The molecule has 0 aromatic heterocycles. The van der Waals surface area contributed by atoms with Crippen molar-refractivity contribution in [2.45, 2.75) is 30.6 Å². The van der Waals surface area contributed by atoms with Gasteiger partial charge >= 0.3 is 0 Å². The molecule has 0 bridgehead atoms. The van der Waals surface area contributed by atoms with E-state index in [1.54, 1.807) is 6.07 Å². The van der Waals surface area contributed by atoms with Crippen molar-refractivity contribution in [1.29, 1.82) is 0 Å². The summed E-state index contributed by atoms with van der Waals surface area (Å²) in [5.74, 6) is 1.08. The van der Waals surface area contributed by atoms with Crippen molar-refractivity contribution >= 4 is 11.8 Å². The molecular weight excluding hydrogens is 209 g/mol. The average Bonchev–Trinajstić information content (AvgIpc) is 2.74. The lowest BCUT2D eigenvalue weighted by atomic mass is 10.0. The van der Waals surface area contributed by atoms with E-state index in [2.05, 4.69) is 0 Å². The van der Waals surface area contributed by atoms with Gasteiger partial charge in [-0.15, -0.1) is 0 Å². The highest BCUT2D eigenvalue weighted by molar-refractivity contribution is 8.00. The molecule has 1 heterocycles. The normalized spacial score (nSPS) is 22.9. The SMILES string of the molecule is NC(Cc1ccccc1F)C1CCCS1. The second-order valence-corrected chi connectivity index (χ2v) is 5.36. The largest absolute Gasteiger partial charge is 0.326 e. The summed E-state index contributed by atoms with van der Waals surface area (Å²) in [5.41, 5.74) is 6.84. The molecule has 2 rings (SSSR count). The van der Waals surface area contributed by atoms with Gasteiger partial charge in [-0.25, -0.2) is 4.39 Å². The van der Waals surface area contributed by atoms with Crippen LogP contribution in [0.4, 0.5) is 4.39 Å². The standard InChI is InChI=1S/C12H16FNS/c13-10-5-2-1-4-9(10)8-11(14)12-6-3-7-15-12/h1-2,4-5,11-12H,3,6-8,14H2. The van der Waals surface area contributed by atoms with Crippen molar-refractivity contribution in [1.82, 2.24) is 0 Å². The molecule has 0 amide bonds. The Morgan fingerprint density at radius 2 is 2.27 bits per heavy atom. The summed E-state index contributed by atoms with van der Waals surface area (Å²) in [7, 11) is 0. The van der Waals surface area contributed by atoms with Crippen LogP contribution >= 0.6 is 11.8 Å². The van der Waals surface area contributed by atoms with Crippen LogP contribution in [-0.4, -0.2) is 17.0 Å². The number of nitrogens with two attached hydrogens (primary N) is 1. The number of hydrogen-bond acceptors (Lipinski definition) is 2. The summed E-state index contributed by atoms with van der Waals surface area (Å²) in [4.78, 5) is 0. The van der Waals surface area contributed by atoms with E-state index in [4.69, 9.17) is 5.73 Å². The Bertz CT molecular complexity index is 323. The summed E-state index contributed by atoms with van der Waals surface area (Å²) < 4.78 is 13.4. The fourth-order valence-corrected chi connectivity index (χ4v) is 3.30. The van der Waals surface area contributed by atoms with Crippen LogP contribution in [0.25, 0.3) is 0 Å². The first-order valence-electron chi connectivity index (χ1n) is 5.38. The van der Waals surface area contributed by atoms with E-state index in [1.165, 1.54) is 24.7 Å². The predicted molar refractivity (Wildman–Crippen MR) is 63.6 cm³/mol. The number of thioether (sulfide) groups is 1. The van der Waals surface area contributed by atoms with Gasteiger partial charge in [0.2, 0.25) is 0 Å². The number of halogens is 1. The quantitative estimate of drug-likeness (QED) is 0.855. The van der Waals surface area contributed by atoms with Gasteiger partial charge in [-0.05, 0) is 36.6 Å². The molecule has 0 spiro atoms. The minimum Gasteiger partial charge on any atom is -0.326 e. The summed E-state index contributed by atoms with van der Waals surface area (Å²) in [6.45, 7) is 0. The van der Waals surface area contributed by atoms with Gasteiger partial charge in [0.1, 0.15) is 5.82 Å². The molecule has 2 N–H and O–H groups in total. The summed E-state index contributed by atoms with van der Waals surface area (Å²) in [6, 6.07) is 7.01. The minimum atomic E-state index is -0.129. The van der Waals surface area contributed by atoms with Crippen molar-refractivity contribution in [3.63, 3.8) is 0 Å². The van der Waals surface area contributed by atoms with E-state index in [1.807, 2.05) is 23.9 Å². The summed E-state index contributed by atoms with van der Waals surface area (Å²) in [6.07, 6.45) is 3.09. The van der Waals surface area contributed by atoms with E-state index >= 15 is 0 Å². The fraction of sp³-hybridized carbons (Fsp3) is 0.500. The molecule has 15 heavy (non-hydrogen) atoms. The van der Waals surface area contributed by atoms with Gasteiger partial charge in [-0.2, -0.15) is 11.8 Å². The number of benzene rings is 1. The third-order valence-corrected chi connectivity index (χ3v) is 4.39. The van der Waals surface area contributed by atoms with Gasteiger partial charge in [0.05, 0.1) is 0 Å². The minimum absolute atomic E-state index is 0.0920. The molecule has 1 aliphatic rings. The molecule has 2 unspecified atom stereocenters. The molecule has 82 valence electrons. The van der Waals surface area contributed by atoms with Crippen LogP contribution in [0, 0.1) is 5.82 Å². The Labute approximate surface area is 94.2 Å². The maximum absolute atomic E-state index is 13.4. The van der Waals surface area contributed by atoms with Gasteiger partial charge in [0, 0.05) is 11.3 Å². The van der Waals surface area contributed by atoms with Gasteiger partial charge in [-0.1, -0.05) is 18.2 Å². The summed E-state index contributed by atoms with van der Waals surface area (Å²) >= 11 is 1.93. The Hall–Kier alpha value is -0.540. The number of hydrogen-bond donors (Lipinski definition) is 1. The topological polar surface area (TPSA) is 26.0 Å². The molecule has 1 fully saturated rings. The van der Waals surface area contributed by atoms with Crippen LogP contribution in [-0.2, 0) is 6.42 Å². The molecule has 1 aromatic carbocycles. The van der Waals surface area contributed by atoms with E-state index in [0.717, 1.165) is 5.56 Å². The smallest absolute Gasteiger partial charge is 0.126 e. The first-order chi connectivity index (χ1) is 7.27. The Kier molecular flexibility index (Phi) is 3.65. The average molecular weight is 225 g/mol. The van der Waals surface area contributed by atoms with Crippen molar-refractivity contribution in [3.05, 3.63) is 35.6 Å². The third kappa shape index (κ3) is 2.73. The monoisotopic (exact) mass is 225 g/mol. The molecule has 1 nitrogen and oxygen atoms in total. The van der Waals surface area contributed by atoms with Crippen LogP contribution < -0.4 is 5.73 Å². The van der Waals surface area contributed by atoms with Crippen molar-refractivity contribution < 1.29 is 4.39 Å². The maximum Gasteiger partial charge on any atom is 0.126 e. The first kappa shape index (κ1) is 11.0. The van der Waals surface area contributed by atoms with Gasteiger partial charge in [-0.3, -0.25) is 0 Å². The predicted octanol–water partition coefficient (Wildman–Crippen LogP) is 2.59. The Morgan fingerprint density at radius 1 is 1.47 bits per heavy atom. The van der Waals surface area contributed by atoms with Gasteiger partial charge in [0.25, 0.3) is 0 Å². The lowest BCUT2D eigenvalue weighted by molar-refractivity contribution is 0.567. The number of rotatable bonds is 3. The van der Waals surface area contributed by atoms with E-state index in [9.17, 15) is 4.39 Å². The molecule has 0 radical (unpaired) electrons. The molecule has 0 aliphatic carbocycles. The molecule has 1 aromatic rings. The first-order valence-corrected chi connectivity index (χ1v) is 6.43. The van der Waals surface area contributed by atoms with E-state index < -0.39 is 0 Å². The molecular formula is C12H16FNS. The summed E-state index contributed by atoms with van der Waals surface area (Å²) in [5, 5.41) is 0.518. The van der Waals surface area contributed by atoms with E-state index in [0.29, 0.717) is 11.7 Å². The van der Waals surface area contributed by atoms with Crippen LogP contribution in [0.1, 0.15) is 18.4 Å². The zero-order valence-corrected chi connectivity index (χ0v) is 9.47. The molecule has 2 atom stereocenters. The maximum atomic E-state index is 13.4. The molecule has 0 saturated carbocycles. The highest BCUT2D eigenvalue weighted by Crippen LogP contribution is 2.29. The van der Waals surface area contributed by atoms with Crippen molar-refractivity contribution in [2.75, 3.05) is 5.75 Å². The molecule has 1 aliphatic heterocycles. The van der Waals surface area contributed by atoms with Crippen LogP contribution in [0.3, 0.4) is 0 Å². The third-order valence-electron chi connectivity index (χ3n) is 2.86. The van der Waals surface area contributed by atoms with Crippen molar-refractivity contribution in [3.8, 4) is 0 Å². The van der Waals surface area contributed by atoms with Crippen LogP contribution in [0.2, 0.25) is 0 Å². The molecule has 1 saturated heterocycles. The highest BCUT2D eigenvalue weighted by Gasteiger charge is 2.23. The van der Waals surface area contributed by atoms with Crippen molar-refractivity contribution in [2.24, 2.45) is 5.73 Å². The van der Waals surface area contributed by atoms with Gasteiger partial charge in [0.15, 0.2) is 0 Å². The second-order valence-electron chi connectivity index (χ2n) is 4.01.